The highest BCUT2D eigenvalue weighted by Gasteiger charge is 2.29. The summed E-state index contributed by atoms with van der Waals surface area (Å²) in [5.74, 6) is 1.58. The zero-order valence-electron chi connectivity index (χ0n) is 13.2. The summed E-state index contributed by atoms with van der Waals surface area (Å²) in [6.07, 6.45) is 3.66. The molecule has 2 aliphatic rings. The van der Waals surface area contributed by atoms with E-state index in [1.165, 1.54) is 18.4 Å². The van der Waals surface area contributed by atoms with Crippen LogP contribution >= 0.6 is 23.6 Å². The lowest BCUT2D eigenvalue weighted by molar-refractivity contribution is 0.189. The summed E-state index contributed by atoms with van der Waals surface area (Å²) >= 11 is 7.60. The van der Waals surface area contributed by atoms with Crippen LogP contribution in [0.3, 0.4) is 0 Å². The molecule has 0 aromatic carbocycles. The zero-order chi connectivity index (χ0) is 15.3. The van der Waals surface area contributed by atoms with Crippen LogP contribution in [0, 0.1) is 4.77 Å². The van der Waals surface area contributed by atoms with E-state index in [4.69, 9.17) is 17.3 Å². The number of hydrogen-bond acceptors (Lipinski definition) is 4. The Bertz CT molecular complexity index is 736. The molecule has 2 aromatic rings. The van der Waals surface area contributed by atoms with Crippen molar-refractivity contribution in [2.75, 3.05) is 6.54 Å². The van der Waals surface area contributed by atoms with Gasteiger partial charge in [0.2, 0.25) is 0 Å². The van der Waals surface area contributed by atoms with Gasteiger partial charge in [-0.15, -0.1) is 11.3 Å². The standard InChI is InChI=1S/C16H22N4S2/c1-11(2)15-17-19(16(21)20(15)13-3-4-13)10-18-7-5-14-12(9-18)6-8-22-14/h6,8,11,13H,3-5,7,9-10H2,1-2H3. The maximum absolute atomic E-state index is 5.72. The van der Waals surface area contributed by atoms with Crippen molar-refractivity contribution in [3.05, 3.63) is 32.5 Å². The molecule has 0 bridgehead atoms. The largest absolute Gasteiger partial charge is 0.301 e. The monoisotopic (exact) mass is 334 g/mol. The maximum atomic E-state index is 5.72. The molecule has 0 spiro atoms. The van der Waals surface area contributed by atoms with Crippen molar-refractivity contribution in [3.63, 3.8) is 0 Å². The Hall–Kier alpha value is -0.980. The quantitative estimate of drug-likeness (QED) is 0.792. The molecule has 22 heavy (non-hydrogen) atoms. The van der Waals surface area contributed by atoms with E-state index in [1.807, 2.05) is 16.0 Å². The lowest BCUT2D eigenvalue weighted by atomic mass is 10.1. The maximum Gasteiger partial charge on any atom is 0.199 e. The molecule has 2 aromatic heterocycles. The molecule has 6 heteroatoms. The first-order valence-corrected chi connectivity index (χ1v) is 9.39. The Morgan fingerprint density at radius 3 is 2.95 bits per heavy atom. The van der Waals surface area contributed by atoms with Crippen LogP contribution in [0.15, 0.2) is 11.4 Å². The lowest BCUT2D eigenvalue weighted by Gasteiger charge is -2.26. The molecule has 1 saturated carbocycles. The Morgan fingerprint density at radius 2 is 2.23 bits per heavy atom. The summed E-state index contributed by atoms with van der Waals surface area (Å²) < 4.78 is 5.25. The fourth-order valence-corrected chi connectivity index (χ4v) is 4.45. The van der Waals surface area contributed by atoms with Crippen LogP contribution in [0.25, 0.3) is 0 Å². The molecule has 0 unspecified atom stereocenters. The highest BCUT2D eigenvalue weighted by Crippen LogP contribution is 2.37. The molecule has 1 fully saturated rings. The summed E-state index contributed by atoms with van der Waals surface area (Å²) in [6, 6.07) is 2.86. The molecule has 4 rings (SSSR count). The first-order valence-electron chi connectivity index (χ1n) is 8.10. The fraction of sp³-hybridized carbons (Fsp3) is 0.625. The van der Waals surface area contributed by atoms with Crippen LogP contribution < -0.4 is 0 Å². The van der Waals surface area contributed by atoms with E-state index < -0.39 is 0 Å². The van der Waals surface area contributed by atoms with Crippen LogP contribution in [0.1, 0.15) is 54.9 Å². The van der Waals surface area contributed by atoms with Gasteiger partial charge >= 0.3 is 0 Å². The minimum absolute atomic E-state index is 0.424. The number of rotatable bonds is 4. The van der Waals surface area contributed by atoms with Gasteiger partial charge in [0.05, 0.1) is 6.67 Å². The molecule has 118 valence electrons. The smallest absolute Gasteiger partial charge is 0.199 e. The highest BCUT2D eigenvalue weighted by atomic mass is 32.1. The second-order valence-electron chi connectivity index (χ2n) is 6.71. The highest BCUT2D eigenvalue weighted by molar-refractivity contribution is 7.71. The molecule has 0 N–H and O–H groups in total. The van der Waals surface area contributed by atoms with E-state index in [9.17, 15) is 0 Å². The van der Waals surface area contributed by atoms with Crippen molar-refractivity contribution in [3.8, 4) is 0 Å². The van der Waals surface area contributed by atoms with Gasteiger partial charge in [-0.05, 0) is 48.5 Å². The van der Waals surface area contributed by atoms with E-state index >= 15 is 0 Å². The van der Waals surface area contributed by atoms with E-state index in [0.717, 1.165) is 36.8 Å². The Kier molecular flexibility index (Phi) is 3.71. The van der Waals surface area contributed by atoms with Gasteiger partial charge in [0.25, 0.3) is 0 Å². The van der Waals surface area contributed by atoms with Crippen molar-refractivity contribution in [1.29, 1.82) is 0 Å². The minimum Gasteiger partial charge on any atom is -0.301 e. The summed E-state index contributed by atoms with van der Waals surface area (Å²) in [5, 5.41) is 7.05. The number of fused-ring (bicyclic) bond motifs is 1. The number of nitrogens with zero attached hydrogens (tertiary/aromatic N) is 4. The second kappa shape index (κ2) is 5.58. The van der Waals surface area contributed by atoms with Crippen LogP contribution in [-0.4, -0.2) is 25.8 Å². The molecule has 1 aliphatic heterocycles. The van der Waals surface area contributed by atoms with Crippen molar-refractivity contribution in [2.45, 2.75) is 58.3 Å². The van der Waals surface area contributed by atoms with E-state index in [0.29, 0.717) is 12.0 Å². The molecule has 0 saturated heterocycles. The van der Waals surface area contributed by atoms with Gasteiger partial charge in [0, 0.05) is 29.9 Å². The summed E-state index contributed by atoms with van der Waals surface area (Å²) in [7, 11) is 0. The molecule has 0 amide bonds. The normalized spacial score (nSPS) is 18.9. The third-order valence-corrected chi connectivity index (χ3v) is 5.98. The van der Waals surface area contributed by atoms with Gasteiger partial charge in [-0.2, -0.15) is 5.10 Å². The Balaban J connectivity index is 1.59. The topological polar surface area (TPSA) is 26.0 Å². The van der Waals surface area contributed by atoms with Crippen molar-refractivity contribution in [2.24, 2.45) is 0 Å². The van der Waals surface area contributed by atoms with Gasteiger partial charge in [-0.1, -0.05) is 13.8 Å². The number of thiophene rings is 1. The van der Waals surface area contributed by atoms with Crippen molar-refractivity contribution in [1.82, 2.24) is 19.2 Å². The van der Waals surface area contributed by atoms with Gasteiger partial charge in [-0.3, -0.25) is 4.90 Å². The van der Waals surface area contributed by atoms with Crippen LogP contribution in [0.4, 0.5) is 0 Å². The third-order valence-electron chi connectivity index (χ3n) is 4.55. The summed E-state index contributed by atoms with van der Waals surface area (Å²) in [4.78, 5) is 4.00. The molecule has 1 aliphatic carbocycles. The molecular weight excluding hydrogens is 312 g/mol. The SMILES string of the molecule is CC(C)c1nn(CN2CCc3sccc3C2)c(=S)n1C1CC1. The lowest BCUT2D eigenvalue weighted by Crippen LogP contribution is -2.32. The first-order chi connectivity index (χ1) is 10.6. The van der Waals surface area contributed by atoms with Crippen molar-refractivity contribution < 1.29 is 0 Å². The molecule has 0 atom stereocenters. The predicted molar refractivity (Wildman–Crippen MR) is 91.8 cm³/mol. The van der Waals surface area contributed by atoms with Crippen LogP contribution in [0.2, 0.25) is 0 Å². The van der Waals surface area contributed by atoms with Gasteiger partial charge in [-0.25, -0.2) is 4.68 Å². The van der Waals surface area contributed by atoms with E-state index in [2.05, 4.69) is 34.8 Å². The minimum atomic E-state index is 0.424. The van der Waals surface area contributed by atoms with E-state index in [1.54, 1.807) is 4.88 Å². The summed E-state index contributed by atoms with van der Waals surface area (Å²) in [5.41, 5.74) is 1.48. The average Bonchev–Trinajstić information content (AvgIpc) is 3.12. The fourth-order valence-electron chi connectivity index (χ4n) is 3.22. The molecular formula is C16H22N4S2. The zero-order valence-corrected chi connectivity index (χ0v) is 14.8. The predicted octanol–water partition coefficient (Wildman–Crippen LogP) is 3.95. The van der Waals surface area contributed by atoms with Crippen LogP contribution in [0.5, 0.6) is 0 Å². The van der Waals surface area contributed by atoms with Gasteiger partial charge < -0.3 is 4.57 Å². The number of hydrogen-bond donors (Lipinski definition) is 0. The summed E-state index contributed by atoms with van der Waals surface area (Å²) in [6.45, 7) is 7.35. The van der Waals surface area contributed by atoms with E-state index in [-0.39, 0.29) is 0 Å². The van der Waals surface area contributed by atoms with Crippen molar-refractivity contribution >= 4 is 23.6 Å². The molecule has 0 radical (unpaired) electrons. The third kappa shape index (κ3) is 2.57. The van der Waals surface area contributed by atoms with Crippen LogP contribution in [-0.2, 0) is 19.6 Å². The van der Waals surface area contributed by atoms with Gasteiger partial charge in [0.15, 0.2) is 4.77 Å². The number of aromatic nitrogens is 3. The Labute approximate surface area is 140 Å². The molecule has 4 nitrogen and oxygen atoms in total. The average molecular weight is 335 g/mol. The first kappa shape index (κ1) is 14.6. The van der Waals surface area contributed by atoms with Gasteiger partial charge in [0.1, 0.15) is 5.82 Å². The second-order valence-corrected chi connectivity index (χ2v) is 8.07. The Morgan fingerprint density at radius 1 is 1.41 bits per heavy atom. The molecule has 3 heterocycles.